The predicted molar refractivity (Wildman–Crippen MR) is 91.9 cm³/mol. The molecule has 0 amide bonds. The summed E-state index contributed by atoms with van der Waals surface area (Å²) >= 11 is 0. The molecule has 4 rings (SSSR count). The van der Waals surface area contributed by atoms with E-state index in [1.807, 2.05) is 60.7 Å². The van der Waals surface area contributed by atoms with Crippen LogP contribution in [0.5, 0.6) is 0 Å². The summed E-state index contributed by atoms with van der Waals surface area (Å²) in [4.78, 5) is 0. The van der Waals surface area contributed by atoms with Crippen LogP contribution in [0.2, 0.25) is 0 Å². The van der Waals surface area contributed by atoms with Gasteiger partial charge in [0.1, 0.15) is 24.4 Å². The summed E-state index contributed by atoms with van der Waals surface area (Å²) in [5.41, 5.74) is 1.82. The highest BCUT2D eigenvalue weighted by atomic mass is 16.8. The summed E-state index contributed by atoms with van der Waals surface area (Å²) < 4.78 is 23.1. The van der Waals surface area contributed by atoms with Gasteiger partial charge in [-0.15, -0.1) is 0 Å². The van der Waals surface area contributed by atoms with Crippen LogP contribution < -0.4 is 0 Å². The van der Waals surface area contributed by atoms with E-state index in [0.717, 1.165) is 11.1 Å². The molecule has 0 radical (unpaired) electrons. The minimum Gasteiger partial charge on any atom is -0.387 e. The fourth-order valence-corrected chi connectivity index (χ4v) is 3.25. The molecule has 26 heavy (non-hydrogen) atoms. The molecule has 0 saturated carbocycles. The van der Waals surface area contributed by atoms with Crippen LogP contribution in [0.15, 0.2) is 60.7 Å². The molecule has 138 valence electrons. The number of rotatable bonds is 4. The predicted octanol–water partition coefficient (Wildman–Crippen LogP) is 1.76. The molecular formula is C20H22O6. The fraction of sp³-hybridized carbons (Fsp3) is 0.400. The van der Waals surface area contributed by atoms with E-state index in [4.69, 9.17) is 18.9 Å². The van der Waals surface area contributed by atoms with Gasteiger partial charge in [-0.1, -0.05) is 60.7 Å². The SMILES string of the molecule is O[C@@H]1[C@@H](O)[C@@H](OCc2ccccc2)O[C@@H]2CO[C@@H](c3ccccc3)O[C@@H]12. The molecule has 2 aliphatic heterocycles. The zero-order valence-corrected chi connectivity index (χ0v) is 14.2. The van der Waals surface area contributed by atoms with Gasteiger partial charge in [0.15, 0.2) is 12.6 Å². The first-order valence-electron chi connectivity index (χ1n) is 8.71. The van der Waals surface area contributed by atoms with Crippen molar-refractivity contribution in [2.75, 3.05) is 6.61 Å². The lowest BCUT2D eigenvalue weighted by atomic mass is 9.98. The molecule has 6 atom stereocenters. The summed E-state index contributed by atoms with van der Waals surface area (Å²) in [6.07, 6.45) is -5.04. The maximum absolute atomic E-state index is 10.5. The van der Waals surface area contributed by atoms with Crippen molar-refractivity contribution in [3.05, 3.63) is 71.8 Å². The standard InChI is InChI=1S/C20H22O6/c21-16-17(22)20(23-11-13-7-3-1-4-8-13)25-15-12-24-19(26-18(15)16)14-9-5-2-6-10-14/h1-10,15-22H,11-12H2/t15-,16-,17-,18-,19-,20+/m1/s1. The van der Waals surface area contributed by atoms with E-state index in [1.54, 1.807) is 0 Å². The number of aliphatic hydroxyl groups excluding tert-OH is 2. The van der Waals surface area contributed by atoms with Crippen molar-refractivity contribution in [3.8, 4) is 0 Å². The van der Waals surface area contributed by atoms with Gasteiger partial charge in [0.05, 0.1) is 13.2 Å². The topological polar surface area (TPSA) is 77.4 Å². The Morgan fingerprint density at radius 3 is 2.31 bits per heavy atom. The van der Waals surface area contributed by atoms with Crippen LogP contribution in [0.3, 0.4) is 0 Å². The second-order valence-electron chi connectivity index (χ2n) is 6.50. The number of ether oxygens (including phenoxy) is 4. The van der Waals surface area contributed by atoms with Gasteiger partial charge in [-0.25, -0.2) is 0 Å². The lowest BCUT2D eigenvalue weighted by molar-refractivity contribution is -0.362. The van der Waals surface area contributed by atoms with E-state index < -0.39 is 37.0 Å². The van der Waals surface area contributed by atoms with Gasteiger partial charge in [-0.2, -0.15) is 0 Å². The largest absolute Gasteiger partial charge is 0.387 e. The van der Waals surface area contributed by atoms with Crippen LogP contribution in [-0.2, 0) is 25.6 Å². The lowest BCUT2D eigenvalue weighted by Crippen LogP contribution is -2.62. The van der Waals surface area contributed by atoms with Crippen molar-refractivity contribution in [1.82, 2.24) is 0 Å². The molecule has 2 heterocycles. The molecule has 2 aliphatic rings. The zero-order valence-electron chi connectivity index (χ0n) is 14.2. The van der Waals surface area contributed by atoms with E-state index in [-0.39, 0.29) is 13.2 Å². The van der Waals surface area contributed by atoms with Crippen LogP contribution in [0, 0.1) is 0 Å². The van der Waals surface area contributed by atoms with E-state index >= 15 is 0 Å². The minimum absolute atomic E-state index is 0.249. The second-order valence-corrected chi connectivity index (χ2v) is 6.50. The van der Waals surface area contributed by atoms with E-state index in [0.29, 0.717) is 0 Å². The molecule has 2 saturated heterocycles. The van der Waals surface area contributed by atoms with E-state index in [9.17, 15) is 10.2 Å². The molecule has 2 aromatic rings. The second kappa shape index (κ2) is 7.84. The maximum atomic E-state index is 10.5. The highest BCUT2D eigenvalue weighted by Crippen LogP contribution is 2.34. The third-order valence-corrected chi connectivity index (χ3v) is 4.66. The third-order valence-electron chi connectivity index (χ3n) is 4.66. The van der Waals surface area contributed by atoms with Crippen LogP contribution >= 0.6 is 0 Å². The van der Waals surface area contributed by atoms with Crippen molar-refractivity contribution in [1.29, 1.82) is 0 Å². The van der Waals surface area contributed by atoms with Crippen molar-refractivity contribution in [2.24, 2.45) is 0 Å². The van der Waals surface area contributed by atoms with Gasteiger partial charge in [0, 0.05) is 5.56 Å². The highest BCUT2D eigenvalue weighted by molar-refractivity contribution is 5.17. The van der Waals surface area contributed by atoms with Gasteiger partial charge >= 0.3 is 0 Å². The first-order chi connectivity index (χ1) is 12.7. The van der Waals surface area contributed by atoms with Crippen LogP contribution in [-0.4, -0.2) is 47.5 Å². The molecule has 0 bridgehead atoms. The minimum atomic E-state index is -1.20. The number of fused-ring (bicyclic) bond motifs is 1. The van der Waals surface area contributed by atoms with Crippen molar-refractivity contribution >= 4 is 0 Å². The monoisotopic (exact) mass is 358 g/mol. The van der Waals surface area contributed by atoms with E-state index in [2.05, 4.69) is 0 Å². The van der Waals surface area contributed by atoms with Gasteiger partial charge in [-0.05, 0) is 5.56 Å². The maximum Gasteiger partial charge on any atom is 0.187 e. The Morgan fingerprint density at radius 1 is 0.885 bits per heavy atom. The summed E-state index contributed by atoms with van der Waals surface area (Å²) in [6, 6.07) is 19.1. The first-order valence-corrected chi connectivity index (χ1v) is 8.71. The third kappa shape index (κ3) is 3.66. The van der Waals surface area contributed by atoms with Crippen molar-refractivity contribution < 1.29 is 29.2 Å². The van der Waals surface area contributed by atoms with Gasteiger partial charge in [0.25, 0.3) is 0 Å². The highest BCUT2D eigenvalue weighted by Gasteiger charge is 2.49. The number of benzene rings is 2. The summed E-state index contributed by atoms with van der Waals surface area (Å²) in [7, 11) is 0. The fourth-order valence-electron chi connectivity index (χ4n) is 3.25. The molecule has 6 heteroatoms. The molecule has 2 fully saturated rings. The average Bonchev–Trinajstić information content (AvgIpc) is 2.71. The van der Waals surface area contributed by atoms with Gasteiger partial charge in [0.2, 0.25) is 0 Å². The molecule has 0 aliphatic carbocycles. The smallest absolute Gasteiger partial charge is 0.187 e. The number of hydrogen-bond acceptors (Lipinski definition) is 6. The Labute approximate surface area is 151 Å². The average molecular weight is 358 g/mol. The summed E-state index contributed by atoms with van der Waals surface area (Å²) in [5, 5.41) is 20.9. The van der Waals surface area contributed by atoms with Crippen molar-refractivity contribution in [3.63, 3.8) is 0 Å². The first kappa shape index (κ1) is 17.6. The molecule has 0 aromatic heterocycles. The molecule has 2 aromatic carbocycles. The van der Waals surface area contributed by atoms with Crippen LogP contribution in [0.4, 0.5) is 0 Å². The molecule has 0 unspecified atom stereocenters. The normalized spacial score (nSPS) is 34.2. The Hall–Kier alpha value is -1.80. The molecular weight excluding hydrogens is 336 g/mol. The van der Waals surface area contributed by atoms with Crippen molar-refractivity contribution in [2.45, 2.75) is 43.6 Å². The molecule has 0 spiro atoms. The summed E-state index contributed by atoms with van der Waals surface area (Å²) in [5.74, 6) is 0. The van der Waals surface area contributed by atoms with Crippen LogP contribution in [0.1, 0.15) is 17.4 Å². The number of aliphatic hydroxyl groups is 2. The Bertz CT molecular complexity index is 692. The quantitative estimate of drug-likeness (QED) is 0.867. The Morgan fingerprint density at radius 2 is 1.58 bits per heavy atom. The van der Waals surface area contributed by atoms with Gasteiger partial charge in [-0.3, -0.25) is 0 Å². The lowest BCUT2D eigenvalue weighted by Gasteiger charge is -2.46. The molecule has 2 N–H and O–H groups in total. The zero-order chi connectivity index (χ0) is 17.9. The summed E-state index contributed by atoms with van der Waals surface area (Å²) in [6.45, 7) is 0.528. The van der Waals surface area contributed by atoms with Gasteiger partial charge < -0.3 is 29.2 Å². The van der Waals surface area contributed by atoms with E-state index in [1.165, 1.54) is 0 Å². The Balaban J connectivity index is 1.40. The van der Waals surface area contributed by atoms with Crippen LogP contribution in [0.25, 0.3) is 0 Å². The Kier molecular flexibility index (Phi) is 5.31. The molecule has 6 nitrogen and oxygen atoms in total. The number of hydrogen-bond donors (Lipinski definition) is 2.